The Morgan fingerprint density at radius 3 is 1.58 bits per heavy atom. The van der Waals surface area contributed by atoms with Crippen molar-refractivity contribution >= 4 is 28.9 Å². The first kappa shape index (κ1) is 14.8. The molecule has 0 heterocycles. The zero-order valence-electron chi connectivity index (χ0n) is 10.4. The molecule has 100 valence electrons. The zero-order chi connectivity index (χ0) is 13.9. The molecule has 0 aliphatic heterocycles. The van der Waals surface area contributed by atoms with E-state index < -0.39 is 10.4 Å². The highest BCUT2D eigenvalue weighted by molar-refractivity contribution is 8.67. The summed E-state index contributed by atoms with van der Waals surface area (Å²) in [6.45, 7) is 1.97. The SMILES string of the molecule is CC(SP(O)(O)=S)(c1ccccc1)c1ccccc1. The summed E-state index contributed by atoms with van der Waals surface area (Å²) < 4.78 is -0.568. The van der Waals surface area contributed by atoms with Crippen LogP contribution in [-0.4, -0.2) is 9.79 Å². The summed E-state index contributed by atoms with van der Waals surface area (Å²) in [5.74, 6) is 0. The summed E-state index contributed by atoms with van der Waals surface area (Å²) in [5, 5.41) is 0. The van der Waals surface area contributed by atoms with E-state index in [2.05, 4.69) is 0 Å². The molecule has 2 aromatic rings. The van der Waals surface area contributed by atoms with Gasteiger partial charge in [-0.05, 0) is 29.9 Å². The van der Waals surface area contributed by atoms with Gasteiger partial charge in [0.05, 0.1) is 4.75 Å². The standard InChI is InChI=1S/C14H15O2PS2/c1-14(19-17(15,16)18,12-8-4-2-5-9-12)13-10-6-3-7-11-13/h2-11H,1H3,(H2,15,16,18). The minimum absolute atomic E-state index is 0.568. The Morgan fingerprint density at radius 1 is 0.895 bits per heavy atom. The van der Waals surface area contributed by atoms with E-state index in [0.717, 1.165) is 22.5 Å². The van der Waals surface area contributed by atoms with Crippen molar-refractivity contribution in [2.75, 3.05) is 0 Å². The molecule has 0 bridgehead atoms. The third-order valence-corrected chi connectivity index (χ3v) is 6.50. The first-order valence-electron chi connectivity index (χ1n) is 5.79. The Labute approximate surface area is 122 Å². The second-order valence-electron chi connectivity index (χ2n) is 4.35. The zero-order valence-corrected chi connectivity index (χ0v) is 13.0. The van der Waals surface area contributed by atoms with Gasteiger partial charge in [0.25, 0.3) is 0 Å². The van der Waals surface area contributed by atoms with E-state index in [1.54, 1.807) is 0 Å². The maximum absolute atomic E-state index is 9.72. The minimum atomic E-state index is -3.37. The Hall–Kier alpha value is -0.640. The first-order valence-corrected chi connectivity index (χ1v) is 9.92. The molecule has 0 fully saturated rings. The van der Waals surface area contributed by atoms with Gasteiger partial charge in [0.2, 0.25) is 5.69 Å². The third kappa shape index (κ3) is 3.68. The van der Waals surface area contributed by atoms with Gasteiger partial charge in [0.15, 0.2) is 0 Å². The fourth-order valence-corrected chi connectivity index (χ4v) is 6.38. The van der Waals surface area contributed by atoms with Crippen LogP contribution in [0.5, 0.6) is 0 Å². The molecule has 0 aliphatic rings. The molecular formula is C14H15O2PS2. The van der Waals surface area contributed by atoms with Crippen LogP contribution in [0, 0.1) is 0 Å². The summed E-state index contributed by atoms with van der Waals surface area (Å²) in [4.78, 5) is 19.4. The lowest BCUT2D eigenvalue weighted by Gasteiger charge is -2.31. The van der Waals surface area contributed by atoms with Crippen molar-refractivity contribution in [1.29, 1.82) is 0 Å². The topological polar surface area (TPSA) is 40.5 Å². The second-order valence-corrected chi connectivity index (χ2v) is 10.6. The lowest BCUT2D eigenvalue weighted by molar-refractivity contribution is 0.501. The van der Waals surface area contributed by atoms with Gasteiger partial charge in [0.1, 0.15) is 0 Å². The number of benzene rings is 2. The quantitative estimate of drug-likeness (QED) is 0.841. The molecule has 0 saturated heterocycles. The van der Waals surface area contributed by atoms with Crippen LogP contribution in [0.4, 0.5) is 0 Å². The highest BCUT2D eigenvalue weighted by atomic mass is 32.9. The van der Waals surface area contributed by atoms with E-state index in [-0.39, 0.29) is 0 Å². The van der Waals surface area contributed by atoms with Gasteiger partial charge in [-0.15, -0.1) is 0 Å². The highest BCUT2D eigenvalue weighted by Crippen LogP contribution is 2.62. The molecule has 0 aromatic heterocycles. The van der Waals surface area contributed by atoms with Crippen LogP contribution in [-0.2, 0) is 16.6 Å². The molecule has 0 aliphatic carbocycles. The van der Waals surface area contributed by atoms with Gasteiger partial charge in [0, 0.05) is 0 Å². The number of hydrogen-bond acceptors (Lipinski definition) is 2. The predicted molar refractivity (Wildman–Crippen MR) is 85.7 cm³/mol. The largest absolute Gasteiger partial charge is 0.338 e. The van der Waals surface area contributed by atoms with Crippen molar-refractivity contribution in [3.63, 3.8) is 0 Å². The third-order valence-electron chi connectivity index (χ3n) is 2.95. The lowest BCUT2D eigenvalue weighted by Crippen LogP contribution is -2.18. The molecule has 5 heteroatoms. The Balaban J connectivity index is 2.54. The first-order chi connectivity index (χ1) is 8.92. The van der Waals surface area contributed by atoms with Crippen molar-refractivity contribution in [3.05, 3.63) is 71.8 Å². The van der Waals surface area contributed by atoms with Crippen LogP contribution >= 0.6 is 17.1 Å². The average molecular weight is 310 g/mol. The van der Waals surface area contributed by atoms with E-state index in [0.29, 0.717) is 0 Å². The minimum Gasteiger partial charge on any atom is -0.338 e. The summed E-state index contributed by atoms with van der Waals surface area (Å²) >= 11 is 5.87. The van der Waals surface area contributed by atoms with Crippen molar-refractivity contribution in [2.24, 2.45) is 0 Å². The van der Waals surface area contributed by atoms with E-state index in [4.69, 9.17) is 11.8 Å². The van der Waals surface area contributed by atoms with Crippen LogP contribution in [0.3, 0.4) is 0 Å². The van der Waals surface area contributed by atoms with Crippen molar-refractivity contribution in [3.8, 4) is 0 Å². The van der Waals surface area contributed by atoms with Gasteiger partial charge in [-0.25, -0.2) is 0 Å². The van der Waals surface area contributed by atoms with E-state index in [1.807, 2.05) is 67.6 Å². The predicted octanol–water partition coefficient (Wildman–Crippen LogP) is 3.89. The highest BCUT2D eigenvalue weighted by Gasteiger charge is 2.34. The van der Waals surface area contributed by atoms with Crippen LogP contribution in [0.25, 0.3) is 0 Å². The van der Waals surface area contributed by atoms with E-state index in [9.17, 15) is 9.79 Å². The van der Waals surface area contributed by atoms with Crippen molar-refractivity contribution in [2.45, 2.75) is 11.7 Å². The maximum atomic E-state index is 9.72. The summed E-state index contributed by atoms with van der Waals surface area (Å²) in [6, 6.07) is 19.5. The Morgan fingerprint density at radius 2 is 1.26 bits per heavy atom. The summed E-state index contributed by atoms with van der Waals surface area (Å²) in [7, 11) is 0. The molecule has 0 amide bonds. The molecule has 2 nitrogen and oxygen atoms in total. The van der Waals surface area contributed by atoms with Gasteiger partial charge >= 0.3 is 0 Å². The van der Waals surface area contributed by atoms with Crippen molar-refractivity contribution in [1.82, 2.24) is 0 Å². The van der Waals surface area contributed by atoms with Crippen molar-refractivity contribution < 1.29 is 9.79 Å². The molecule has 0 unspecified atom stereocenters. The van der Waals surface area contributed by atoms with Gasteiger partial charge in [-0.1, -0.05) is 72.0 Å². The molecule has 0 atom stereocenters. The van der Waals surface area contributed by atoms with E-state index in [1.165, 1.54) is 0 Å². The molecule has 2 rings (SSSR count). The second kappa shape index (κ2) is 5.78. The molecule has 0 spiro atoms. The lowest BCUT2D eigenvalue weighted by atomic mass is 9.92. The van der Waals surface area contributed by atoms with Gasteiger partial charge in [-0.2, -0.15) is 0 Å². The maximum Gasteiger partial charge on any atom is 0.243 e. The smallest absolute Gasteiger partial charge is 0.243 e. The number of hydrogen-bond donors (Lipinski definition) is 2. The van der Waals surface area contributed by atoms with Crippen LogP contribution in [0.1, 0.15) is 18.1 Å². The van der Waals surface area contributed by atoms with Crippen LogP contribution < -0.4 is 0 Å². The molecule has 0 saturated carbocycles. The number of rotatable bonds is 4. The normalized spacial score (nSPS) is 12.4. The fraction of sp³-hybridized carbons (Fsp3) is 0.143. The monoisotopic (exact) mass is 310 g/mol. The fourth-order valence-electron chi connectivity index (χ4n) is 2.02. The van der Waals surface area contributed by atoms with E-state index >= 15 is 0 Å². The Kier molecular flexibility index (Phi) is 4.49. The molecule has 0 radical (unpaired) electrons. The molecular weight excluding hydrogens is 295 g/mol. The molecule has 2 aromatic carbocycles. The van der Waals surface area contributed by atoms with Gasteiger partial charge in [-0.3, -0.25) is 0 Å². The van der Waals surface area contributed by atoms with Crippen LogP contribution in [0.2, 0.25) is 0 Å². The van der Waals surface area contributed by atoms with Gasteiger partial charge < -0.3 is 9.79 Å². The molecule has 2 N–H and O–H groups in total. The Bertz CT molecular complexity index is 541. The summed E-state index contributed by atoms with van der Waals surface area (Å²) in [5.41, 5.74) is -1.36. The summed E-state index contributed by atoms with van der Waals surface area (Å²) in [6.07, 6.45) is 0. The average Bonchev–Trinajstić information content (AvgIpc) is 2.39. The van der Waals surface area contributed by atoms with Crippen LogP contribution in [0.15, 0.2) is 60.7 Å². The molecule has 19 heavy (non-hydrogen) atoms.